The molecular formula is C13H11ClN2O. The van der Waals surface area contributed by atoms with Gasteiger partial charge in [0, 0.05) is 11.3 Å². The molecule has 0 bridgehead atoms. The van der Waals surface area contributed by atoms with Gasteiger partial charge in [-0.2, -0.15) is 0 Å². The molecule has 2 aromatic carbocycles. The Bertz CT molecular complexity index is 540. The first-order valence-electron chi connectivity index (χ1n) is 5.08. The van der Waals surface area contributed by atoms with Crippen LogP contribution in [-0.4, -0.2) is 5.91 Å². The Hall–Kier alpha value is -2.00. The van der Waals surface area contributed by atoms with Gasteiger partial charge >= 0.3 is 0 Å². The van der Waals surface area contributed by atoms with E-state index in [2.05, 4.69) is 5.32 Å². The summed E-state index contributed by atoms with van der Waals surface area (Å²) < 4.78 is 0. The third-order valence-electron chi connectivity index (χ3n) is 2.28. The second-order valence-corrected chi connectivity index (χ2v) is 3.97. The Morgan fingerprint density at radius 3 is 2.47 bits per heavy atom. The standard InChI is InChI=1S/C13H11ClN2O/c14-11-8-10(15)6-7-12(11)16-13(17)9-4-2-1-3-5-9/h1-8H,15H2,(H,16,17). The Morgan fingerprint density at radius 1 is 1.12 bits per heavy atom. The Morgan fingerprint density at radius 2 is 1.82 bits per heavy atom. The van der Waals surface area contributed by atoms with Crippen LogP contribution in [0, 0.1) is 0 Å². The number of halogens is 1. The van der Waals surface area contributed by atoms with Gasteiger partial charge in [0.25, 0.3) is 5.91 Å². The molecule has 86 valence electrons. The van der Waals surface area contributed by atoms with Gasteiger partial charge in [0.05, 0.1) is 10.7 Å². The number of nitrogen functional groups attached to an aromatic ring is 1. The summed E-state index contributed by atoms with van der Waals surface area (Å²) in [7, 11) is 0. The van der Waals surface area contributed by atoms with E-state index in [1.807, 2.05) is 6.07 Å². The van der Waals surface area contributed by atoms with E-state index in [1.54, 1.807) is 42.5 Å². The van der Waals surface area contributed by atoms with Crippen LogP contribution in [0.2, 0.25) is 5.02 Å². The molecule has 0 saturated heterocycles. The van der Waals surface area contributed by atoms with Gasteiger partial charge in [-0.25, -0.2) is 0 Å². The van der Waals surface area contributed by atoms with Gasteiger partial charge in [0.1, 0.15) is 0 Å². The van der Waals surface area contributed by atoms with Gasteiger partial charge < -0.3 is 11.1 Å². The average Bonchev–Trinajstić information content (AvgIpc) is 2.34. The zero-order valence-electron chi connectivity index (χ0n) is 8.98. The number of benzene rings is 2. The molecule has 17 heavy (non-hydrogen) atoms. The van der Waals surface area contributed by atoms with Crippen LogP contribution in [-0.2, 0) is 0 Å². The van der Waals surface area contributed by atoms with E-state index in [4.69, 9.17) is 17.3 Å². The summed E-state index contributed by atoms with van der Waals surface area (Å²) in [5, 5.41) is 3.15. The van der Waals surface area contributed by atoms with Crippen LogP contribution < -0.4 is 11.1 Å². The number of anilines is 2. The van der Waals surface area contributed by atoms with Crippen molar-refractivity contribution in [2.75, 3.05) is 11.1 Å². The zero-order chi connectivity index (χ0) is 12.3. The van der Waals surface area contributed by atoms with E-state index >= 15 is 0 Å². The highest BCUT2D eigenvalue weighted by molar-refractivity contribution is 6.34. The fourth-order valence-electron chi connectivity index (χ4n) is 1.42. The van der Waals surface area contributed by atoms with Gasteiger partial charge in [-0.05, 0) is 30.3 Å². The van der Waals surface area contributed by atoms with E-state index in [0.717, 1.165) is 0 Å². The maximum atomic E-state index is 11.9. The summed E-state index contributed by atoms with van der Waals surface area (Å²) >= 11 is 5.97. The van der Waals surface area contributed by atoms with Crippen molar-refractivity contribution >= 4 is 28.9 Å². The minimum absolute atomic E-state index is 0.197. The van der Waals surface area contributed by atoms with Crippen LogP contribution in [0.3, 0.4) is 0 Å². The van der Waals surface area contributed by atoms with E-state index in [9.17, 15) is 4.79 Å². The fraction of sp³-hybridized carbons (Fsp3) is 0. The summed E-state index contributed by atoms with van der Waals surface area (Å²) in [5.41, 5.74) is 7.27. The topological polar surface area (TPSA) is 55.1 Å². The number of carbonyl (C=O) groups is 1. The lowest BCUT2D eigenvalue weighted by atomic mass is 10.2. The molecule has 0 aliphatic carbocycles. The molecule has 3 N–H and O–H groups in total. The monoisotopic (exact) mass is 246 g/mol. The van der Waals surface area contributed by atoms with Gasteiger partial charge in [-0.3, -0.25) is 4.79 Å². The van der Waals surface area contributed by atoms with Crippen molar-refractivity contribution in [1.29, 1.82) is 0 Å². The Kier molecular flexibility index (Phi) is 3.30. The minimum Gasteiger partial charge on any atom is -0.399 e. The molecule has 4 heteroatoms. The van der Waals surface area contributed by atoms with E-state index in [1.165, 1.54) is 0 Å². The van der Waals surface area contributed by atoms with Crippen molar-refractivity contribution in [1.82, 2.24) is 0 Å². The smallest absolute Gasteiger partial charge is 0.255 e. The first-order chi connectivity index (χ1) is 8.16. The first-order valence-corrected chi connectivity index (χ1v) is 5.46. The van der Waals surface area contributed by atoms with Crippen molar-refractivity contribution < 1.29 is 4.79 Å². The van der Waals surface area contributed by atoms with Gasteiger partial charge in [0.15, 0.2) is 0 Å². The molecule has 0 aromatic heterocycles. The molecular weight excluding hydrogens is 236 g/mol. The molecule has 0 unspecified atom stereocenters. The minimum atomic E-state index is -0.197. The van der Waals surface area contributed by atoms with Crippen LogP contribution in [0.4, 0.5) is 11.4 Å². The summed E-state index contributed by atoms with van der Waals surface area (Å²) in [6.45, 7) is 0. The van der Waals surface area contributed by atoms with E-state index < -0.39 is 0 Å². The van der Waals surface area contributed by atoms with E-state index in [0.29, 0.717) is 22.0 Å². The SMILES string of the molecule is Nc1ccc(NC(=O)c2ccccc2)c(Cl)c1. The Labute approximate surface area is 104 Å². The van der Waals surface area contributed by atoms with Gasteiger partial charge in [0.2, 0.25) is 0 Å². The number of hydrogen-bond acceptors (Lipinski definition) is 2. The third-order valence-corrected chi connectivity index (χ3v) is 2.59. The summed E-state index contributed by atoms with van der Waals surface area (Å²) in [6.07, 6.45) is 0. The third kappa shape index (κ3) is 2.77. The summed E-state index contributed by atoms with van der Waals surface area (Å²) in [4.78, 5) is 11.9. The molecule has 3 nitrogen and oxygen atoms in total. The molecule has 0 aliphatic heterocycles. The molecule has 2 rings (SSSR count). The quantitative estimate of drug-likeness (QED) is 0.800. The molecule has 0 fully saturated rings. The molecule has 0 heterocycles. The maximum Gasteiger partial charge on any atom is 0.255 e. The van der Waals surface area contributed by atoms with Crippen molar-refractivity contribution in [3.63, 3.8) is 0 Å². The van der Waals surface area contributed by atoms with Crippen LogP contribution >= 0.6 is 11.6 Å². The highest BCUT2D eigenvalue weighted by atomic mass is 35.5. The fourth-order valence-corrected chi connectivity index (χ4v) is 1.65. The van der Waals surface area contributed by atoms with Crippen LogP contribution in [0.5, 0.6) is 0 Å². The second kappa shape index (κ2) is 4.89. The molecule has 0 atom stereocenters. The molecule has 0 aliphatic rings. The van der Waals surface area contributed by atoms with Crippen molar-refractivity contribution in [3.8, 4) is 0 Å². The highest BCUT2D eigenvalue weighted by Gasteiger charge is 2.07. The predicted octanol–water partition coefficient (Wildman–Crippen LogP) is 3.17. The lowest BCUT2D eigenvalue weighted by Crippen LogP contribution is -2.11. The molecule has 2 aromatic rings. The molecule has 0 saturated carbocycles. The summed E-state index contributed by atoms with van der Waals surface area (Å²) in [5.74, 6) is -0.197. The van der Waals surface area contributed by atoms with Crippen LogP contribution in [0.1, 0.15) is 10.4 Å². The van der Waals surface area contributed by atoms with Crippen molar-refractivity contribution in [2.45, 2.75) is 0 Å². The van der Waals surface area contributed by atoms with Crippen molar-refractivity contribution in [2.24, 2.45) is 0 Å². The van der Waals surface area contributed by atoms with Gasteiger partial charge in [-0.15, -0.1) is 0 Å². The predicted molar refractivity (Wildman–Crippen MR) is 70.3 cm³/mol. The number of amides is 1. The molecule has 1 amide bonds. The van der Waals surface area contributed by atoms with Crippen molar-refractivity contribution in [3.05, 3.63) is 59.1 Å². The highest BCUT2D eigenvalue weighted by Crippen LogP contribution is 2.24. The number of nitrogens with two attached hydrogens (primary N) is 1. The van der Waals surface area contributed by atoms with Crippen LogP contribution in [0.25, 0.3) is 0 Å². The second-order valence-electron chi connectivity index (χ2n) is 3.56. The summed E-state index contributed by atoms with van der Waals surface area (Å²) in [6, 6.07) is 13.9. The zero-order valence-corrected chi connectivity index (χ0v) is 9.74. The number of hydrogen-bond donors (Lipinski definition) is 2. The van der Waals surface area contributed by atoms with E-state index in [-0.39, 0.29) is 5.91 Å². The normalized spacial score (nSPS) is 9.94. The maximum absolute atomic E-state index is 11.9. The van der Waals surface area contributed by atoms with Gasteiger partial charge in [-0.1, -0.05) is 29.8 Å². The first kappa shape index (κ1) is 11.5. The largest absolute Gasteiger partial charge is 0.399 e. The lowest BCUT2D eigenvalue weighted by Gasteiger charge is -2.07. The number of nitrogens with one attached hydrogen (secondary N) is 1. The number of carbonyl (C=O) groups excluding carboxylic acids is 1. The van der Waals surface area contributed by atoms with Crippen LogP contribution in [0.15, 0.2) is 48.5 Å². The molecule has 0 spiro atoms. The lowest BCUT2D eigenvalue weighted by molar-refractivity contribution is 0.102. The molecule has 0 radical (unpaired) electrons. The Balaban J connectivity index is 2.19. The average molecular weight is 247 g/mol. The number of rotatable bonds is 2.